The first-order chi connectivity index (χ1) is 12.7. The van der Waals surface area contributed by atoms with Gasteiger partial charge in [0.25, 0.3) is 0 Å². The fraction of sp³-hybridized carbons (Fsp3) is 0.316. The number of aromatic nitrogens is 5. The summed E-state index contributed by atoms with van der Waals surface area (Å²) in [5, 5.41) is 7.27. The number of nitrogens with one attached hydrogen (secondary N) is 1. The van der Waals surface area contributed by atoms with Crippen LogP contribution in [0.15, 0.2) is 43.0 Å². The van der Waals surface area contributed by atoms with Crippen molar-refractivity contribution in [3.05, 3.63) is 59.9 Å². The van der Waals surface area contributed by atoms with E-state index in [0.29, 0.717) is 5.82 Å². The van der Waals surface area contributed by atoms with Crippen molar-refractivity contribution >= 4 is 5.91 Å². The van der Waals surface area contributed by atoms with Gasteiger partial charge in [-0.1, -0.05) is 0 Å². The van der Waals surface area contributed by atoms with Gasteiger partial charge in [-0.2, -0.15) is 5.10 Å². The lowest BCUT2D eigenvalue weighted by Crippen LogP contribution is -2.34. The summed E-state index contributed by atoms with van der Waals surface area (Å²) in [4.78, 5) is 25.7. The SMILES string of the molecule is Cc1ccnn1CC(=O)N[C@H]1CCCc2nc(-c3ccncc3)ncc21. The highest BCUT2D eigenvalue weighted by atomic mass is 16.2. The van der Waals surface area contributed by atoms with Gasteiger partial charge in [-0.3, -0.25) is 14.5 Å². The second-order valence-corrected chi connectivity index (χ2v) is 6.47. The number of carbonyl (C=O) groups excluding carboxylic acids is 1. The molecule has 0 aliphatic heterocycles. The lowest BCUT2D eigenvalue weighted by atomic mass is 9.92. The number of rotatable bonds is 4. The van der Waals surface area contributed by atoms with E-state index in [1.54, 1.807) is 23.3 Å². The van der Waals surface area contributed by atoms with Crippen molar-refractivity contribution in [2.24, 2.45) is 0 Å². The predicted octanol–water partition coefficient (Wildman–Crippen LogP) is 2.24. The van der Waals surface area contributed by atoms with Crippen LogP contribution in [0, 0.1) is 6.92 Å². The zero-order valence-electron chi connectivity index (χ0n) is 14.6. The van der Waals surface area contributed by atoms with E-state index in [4.69, 9.17) is 4.98 Å². The number of hydrogen-bond donors (Lipinski definition) is 1. The molecule has 1 N–H and O–H groups in total. The van der Waals surface area contributed by atoms with Crippen LogP contribution in [0.1, 0.15) is 35.8 Å². The summed E-state index contributed by atoms with van der Waals surface area (Å²) in [6.45, 7) is 2.16. The van der Waals surface area contributed by atoms with Crippen LogP contribution in [0.2, 0.25) is 0 Å². The number of nitrogens with zero attached hydrogens (tertiary/aromatic N) is 5. The molecule has 3 aromatic rings. The van der Waals surface area contributed by atoms with Crippen LogP contribution >= 0.6 is 0 Å². The number of pyridine rings is 1. The molecule has 7 nitrogen and oxygen atoms in total. The third-order valence-corrected chi connectivity index (χ3v) is 4.68. The number of carbonyl (C=O) groups is 1. The summed E-state index contributed by atoms with van der Waals surface area (Å²) in [6, 6.07) is 5.64. The minimum atomic E-state index is -0.0483. The van der Waals surface area contributed by atoms with Gasteiger partial charge in [0.2, 0.25) is 5.91 Å². The van der Waals surface area contributed by atoms with Crippen LogP contribution in [-0.2, 0) is 17.8 Å². The van der Waals surface area contributed by atoms with E-state index >= 15 is 0 Å². The van der Waals surface area contributed by atoms with Gasteiger partial charge in [-0.15, -0.1) is 0 Å². The first-order valence-electron chi connectivity index (χ1n) is 8.74. The molecular formula is C19H20N6O. The Morgan fingerprint density at radius 1 is 1.27 bits per heavy atom. The lowest BCUT2D eigenvalue weighted by Gasteiger charge is -2.25. The molecule has 0 saturated heterocycles. The van der Waals surface area contributed by atoms with Crippen LogP contribution in [0.5, 0.6) is 0 Å². The standard InChI is InChI=1S/C19H20N6O/c1-13-5-10-22-25(13)12-18(26)23-16-3-2-4-17-15(16)11-21-19(24-17)14-6-8-20-9-7-14/h5-11,16H,2-4,12H2,1H3,(H,23,26)/t16-/m0/s1. The van der Waals surface area contributed by atoms with Crippen molar-refractivity contribution in [3.63, 3.8) is 0 Å². The molecule has 0 spiro atoms. The zero-order valence-corrected chi connectivity index (χ0v) is 14.6. The Labute approximate surface area is 151 Å². The number of aryl methyl sites for hydroxylation is 2. The van der Waals surface area contributed by atoms with Gasteiger partial charge >= 0.3 is 0 Å². The Morgan fingerprint density at radius 2 is 2.12 bits per heavy atom. The largest absolute Gasteiger partial charge is 0.348 e. The number of amides is 1. The fourth-order valence-corrected chi connectivity index (χ4v) is 3.28. The van der Waals surface area contributed by atoms with E-state index in [0.717, 1.165) is 41.8 Å². The molecule has 132 valence electrons. The van der Waals surface area contributed by atoms with Gasteiger partial charge in [-0.05, 0) is 44.4 Å². The highest BCUT2D eigenvalue weighted by Crippen LogP contribution is 2.29. The van der Waals surface area contributed by atoms with Crippen LogP contribution in [-0.4, -0.2) is 30.6 Å². The molecule has 1 aliphatic carbocycles. The average molecular weight is 348 g/mol. The van der Waals surface area contributed by atoms with E-state index in [2.05, 4.69) is 20.4 Å². The molecule has 1 amide bonds. The number of hydrogen-bond acceptors (Lipinski definition) is 5. The Kier molecular flexibility index (Phi) is 4.43. The van der Waals surface area contributed by atoms with E-state index in [1.807, 2.05) is 31.3 Å². The number of fused-ring (bicyclic) bond motifs is 1. The van der Waals surface area contributed by atoms with Crippen LogP contribution < -0.4 is 5.32 Å². The van der Waals surface area contributed by atoms with Crippen LogP contribution in [0.25, 0.3) is 11.4 Å². The maximum atomic E-state index is 12.4. The highest BCUT2D eigenvalue weighted by molar-refractivity contribution is 5.76. The monoisotopic (exact) mass is 348 g/mol. The summed E-state index contributed by atoms with van der Waals surface area (Å²) >= 11 is 0. The second-order valence-electron chi connectivity index (χ2n) is 6.47. The van der Waals surface area contributed by atoms with E-state index in [1.165, 1.54) is 0 Å². The van der Waals surface area contributed by atoms with Crippen molar-refractivity contribution in [2.45, 2.75) is 38.8 Å². The summed E-state index contributed by atoms with van der Waals surface area (Å²) < 4.78 is 1.70. The van der Waals surface area contributed by atoms with Gasteiger partial charge in [0.05, 0.1) is 6.04 Å². The molecule has 0 aromatic carbocycles. The Bertz CT molecular complexity index is 921. The van der Waals surface area contributed by atoms with Crippen LogP contribution in [0.3, 0.4) is 0 Å². The smallest absolute Gasteiger partial charge is 0.242 e. The zero-order chi connectivity index (χ0) is 17.9. The Morgan fingerprint density at radius 3 is 2.88 bits per heavy atom. The molecule has 3 aromatic heterocycles. The predicted molar refractivity (Wildman–Crippen MR) is 96.0 cm³/mol. The van der Waals surface area contributed by atoms with Gasteiger partial charge in [-0.25, -0.2) is 9.97 Å². The Balaban J connectivity index is 1.52. The van der Waals surface area contributed by atoms with Crippen molar-refractivity contribution in [3.8, 4) is 11.4 Å². The van der Waals surface area contributed by atoms with Gasteiger partial charge < -0.3 is 5.32 Å². The van der Waals surface area contributed by atoms with Crippen molar-refractivity contribution in [1.82, 2.24) is 30.0 Å². The van der Waals surface area contributed by atoms with E-state index in [-0.39, 0.29) is 18.5 Å². The third kappa shape index (κ3) is 3.33. The molecule has 4 rings (SSSR count). The molecule has 0 bridgehead atoms. The van der Waals surface area contributed by atoms with E-state index < -0.39 is 0 Å². The lowest BCUT2D eigenvalue weighted by molar-refractivity contribution is -0.122. The molecule has 3 heterocycles. The molecular weight excluding hydrogens is 328 g/mol. The molecule has 0 radical (unpaired) electrons. The van der Waals surface area contributed by atoms with Crippen molar-refractivity contribution in [2.75, 3.05) is 0 Å². The average Bonchev–Trinajstić information content (AvgIpc) is 3.07. The van der Waals surface area contributed by atoms with Gasteiger partial charge in [0.15, 0.2) is 5.82 Å². The first kappa shape index (κ1) is 16.4. The molecule has 0 saturated carbocycles. The maximum Gasteiger partial charge on any atom is 0.242 e. The first-order valence-corrected chi connectivity index (χ1v) is 8.74. The summed E-state index contributed by atoms with van der Waals surface area (Å²) in [6.07, 6.45) is 9.81. The minimum Gasteiger partial charge on any atom is -0.348 e. The fourth-order valence-electron chi connectivity index (χ4n) is 3.28. The summed E-state index contributed by atoms with van der Waals surface area (Å²) in [5.74, 6) is 0.651. The quantitative estimate of drug-likeness (QED) is 0.781. The minimum absolute atomic E-state index is 0.0476. The van der Waals surface area contributed by atoms with E-state index in [9.17, 15) is 4.79 Å². The molecule has 26 heavy (non-hydrogen) atoms. The van der Waals surface area contributed by atoms with Crippen molar-refractivity contribution in [1.29, 1.82) is 0 Å². The van der Waals surface area contributed by atoms with Gasteiger partial charge in [0, 0.05) is 47.3 Å². The van der Waals surface area contributed by atoms with Crippen molar-refractivity contribution < 1.29 is 4.79 Å². The van der Waals surface area contributed by atoms with Gasteiger partial charge in [0.1, 0.15) is 6.54 Å². The molecule has 1 atom stereocenters. The normalized spacial score (nSPS) is 16.1. The topological polar surface area (TPSA) is 85.6 Å². The molecule has 0 unspecified atom stereocenters. The molecule has 1 aliphatic rings. The molecule has 0 fully saturated rings. The maximum absolute atomic E-state index is 12.4. The summed E-state index contributed by atoms with van der Waals surface area (Å²) in [5.41, 5.74) is 3.94. The second kappa shape index (κ2) is 7.03. The highest BCUT2D eigenvalue weighted by Gasteiger charge is 2.24. The summed E-state index contributed by atoms with van der Waals surface area (Å²) in [7, 11) is 0. The Hall–Kier alpha value is -3.09. The van der Waals surface area contributed by atoms with Crippen LogP contribution in [0.4, 0.5) is 0 Å². The molecule has 7 heteroatoms. The third-order valence-electron chi connectivity index (χ3n) is 4.68.